The molecule has 2 aromatic carbocycles. The fourth-order valence-corrected chi connectivity index (χ4v) is 1.70. The molecule has 7 heteroatoms. The maximum absolute atomic E-state index is 13.1. The molecule has 0 heterocycles. The highest BCUT2D eigenvalue weighted by atomic mass is 19.1. The number of carbonyl (C=O) groups excluding carboxylic acids is 1. The van der Waals surface area contributed by atoms with Gasteiger partial charge in [0.05, 0.1) is 5.69 Å². The maximum atomic E-state index is 13.1. The number of urea groups is 1. The Balaban J connectivity index is 2.15. The zero-order valence-electron chi connectivity index (χ0n) is 10.8. The molecule has 2 aromatic rings. The summed E-state index contributed by atoms with van der Waals surface area (Å²) in [7, 11) is 0. The largest absolute Gasteiger partial charge is 0.384 e. The number of hydrogen-bond donors (Lipinski definition) is 4. The first-order valence-corrected chi connectivity index (χ1v) is 5.93. The number of halogens is 2. The molecule has 108 valence electrons. The predicted octanol–water partition coefficient (Wildman–Crippen LogP) is 2.89. The molecule has 0 aliphatic heterocycles. The Morgan fingerprint density at radius 1 is 1.05 bits per heavy atom. The molecule has 0 saturated carbocycles. The minimum atomic E-state index is -0.658. The van der Waals surface area contributed by atoms with Crippen molar-refractivity contribution in [1.82, 2.24) is 0 Å². The van der Waals surface area contributed by atoms with Crippen molar-refractivity contribution in [2.75, 3.05) is 10.6 Å². The summed E-state index contributed by atoms with van der Waals surface area (Å²) >= 11 is 0. The van der Waals surface area contributed by atoms with Crippen LogP contribution in [-0.2, 0) is 0 Å². The molecule has 0 unspecified atom stereocenters. The van der Waals surface area contributed by atoms with E-state index < -0.39 is 17.7 Å². The quantitative estimate of drug-likeness (QED) is 0.517. The van der Waals surface area contributed by atoms with Gasteiger partial charge in [0.2, 0.25) is 0 Å². The van der Waals surface area contributed by atoms with Crippen LogP contribution in [0.4, 0.5) is 25.0 Å². The van der Waals surface area contributed by atoms with Crippen molar-refractivity contribution in [3.63, 3.8) is 0 Å². The Kier molecular flexibility index (Phi) is 4.13. The standard InChI is InChI=1S/C14H12F2N4O/c15-8-2-1-3-10(6-8)19-14(21)20-12-5-4-9(16)7-11(12)13(17)18/h1-7H,(H3,17,18)(H2,19,20,21). The molecule has 0 aliphatic carbocycles. The summed E-state index contributed by atoms with van der Waals surface area (Å²) in [6.45, 7) is 0. The van der Waals surface area contributed by atoms with E-state index in [4.69, 9.17) is 11.1 Å². The molecule has 5 N–H and O–H groups in total. The number of nitrogen functional groups attached to an aromatic ring is 1. The number of amidine groups is 1. The van der Waals surface area contributed by atoms with Gasteiger partial charge >= 0.3 is 6.03 Å². The molecule has 2 rings (SSSR count). The van der Waals surface area contributed by atoms with Gasteiger partial charge in [-0.3, -0.25) is 5.41 Å². The lowest BCUT2D eigenvalue weighted by atomic mass is 10.1. The highest BCUT2D eigenvalue weighted by molar-refractivity contribution is 6.06. The first kappa shape index (κ1) is 14.4. The summed E-state index contributed by atoms with van der Waals surface area (Å²) in [6.07, 6.45) is 0. The van der Waals surface area contributed by atoms with E-state index in [2.05, 4.69) is 10.6 Å². The van der Waals surface area contributed by atoms with Crippen LogP contribution < -0.4 is 16.4 Å². The van der Waals surface area contributed by atoms with E-state index in [0.717, 1.165) is 18.2 Å². The monoisotopic (exact) mass is 290 g/mol. The van der Waals surface area contributed by atoms with E-state index in [0.29, 0.717) is 0 Å². The van der Waals surface area contributed by atoms with Crippen molar-refractivity contribution in [3.8, 4) is 0 Å². The molecule has 0 atom stereocenters. The molecule has 0 spiro atoms. The predicted molar refractivity (Wildman–Crippen MR) is 76.5 cm³/mol. The SMILES string of the molecule is N=C(N)c1cc(F)ccc1NC(=O)Nc1cccc(F)c1. The van der Waals surface area contributed by atoms with Crippen LogP contribution in [0, 0.1) is 17.0 Å². The number of hydrogen-bond acceptors (Lipinski definition) is 2. The van der Waals surface area contributed by atoms with Crippen LogP contribution in [-0.4, -0.2) is 11.9 Å². The third-order valence-corrected chi connectivity index (χ3v) is 2.60. The van der Waals surface area contributed by atoms with Crippen LogP contribution in [0.15, 0.2) is 42.5 Å². The second-order valence-electron chi connectivity index (χ2n) is 4.19. The van der Waals surface area contributed by atoms with Crippen molar-refractivity contribution < 1.29 is 13.6 Å². The molecule has 0 bridgehead atoms. The summed E-state index contributed by atoms with van der Waals surface area (Å²) in [6, 6.07) is 8.16. The Morgan fingerprint density at radius 3 is 2.43 bits per heavy atom. The lowest BCUT2D eigenvalue weighted by Crippen LogP contribution is -2.22. The third kappa shape index (κ3) is 3.75. The number of benzene rings is 2. The molecule has 21 heavy (non-hydrogen) atoms. The molecule has 5 nitrogen and oxygen atoms in total. The zero-order valence-corrected chi connectivity index (χ0v) is 10.8. The fourth-order valence-electron chi connectivity index (χ4n) is 1.70. The number of rotatable bonds is 3. The van der Waals surface area contributed by atoms with Gasteiger partial charge in [-0.15, -0.1) is 0 Å². The second-order valence-corrected chi connectivity index (χ2v) is 4.19. The normalized spacial score (nSPS) is 10.0. The van der Waals surface area contributed by atoms with E-state index in [1.807, 2.05) is 0 Å². The number of nitrogens with two attached hydrogens (primary N) is 1. The Morgan fingerprint density at radius 2 is 1.76 bits per heavy atom. The number of carbonyl (C=O) groups is 1. The van der Waals surface area contributed by atoms with Gasteiger partial charge in [0.15, 0.2) is 0 Å². The number of amides is 2. The lowest BCUT2D eigenvalue weighted by molar-refractivity contribution is 0.262. The molecule has 0 radical (unpaired) electrons. The average Bonchev–Trinajstić information content (AvgIpc) is 2.40. The van der Waals surface area contributed by atoms with Gasteiger partial charge in [-0.2, -0.15) is 0 Å². The van der Waals surface area contributed by atoms with E-state index in [-0.39, 0.29) is 22.8 Å². The van der Waals surface area contributed by atoms with Crippen molar-refractivity contribution in [2.24, 2.45) is 5.73 Å². The maximum Gasteiger partial charge on any atom is 0.323 e. The highest BCUT2D eigenvalue weighted by Gasteiger charge is 2.10. The highest BCUT2D eigenvalue weighted by Crippen LogP contribution is 2.17. The van der Waals surface area contributed by atoms with Crippen LogP contribution in [0.3, 0.4) is 0 Å². The average molecular weight is 290 g/mol. The minimum Gasteiger partial charge on any atom is -0.384 e. The topological polar surface area (TPSA) is 91.0 Å². The summed E-state index contributed by atoms with van der Waals surface area (Å²) in [4.78, 5) is 11.8. The minimum absolute atomic E-state index is 0.0596. The van der Waals surface area contributed by atoms with Crippen LogP contribution in [0.2, 0.25) is 0 Å². The van der Waals surface area contributed by atoms with E-state index in [9.17, 15) is 13.6 Å². The van der Waals surface area contributed by atoms with Crippen molar-refractivity contribution in [1.29, 1.82) is 5.41 Å². The van der Waals surface area contributed by atoms with Gasteiger partial charge in [-0.05, 0) is 36.4 Å². The van der Waals surface area contributed by atoms with Crippen LogP contribution >= 0.6 is 0 Å². The molecule has 0 saturated heterocycles. The molecule has 2 amide bonds. The first-order valence-electron chi connectivity index (χ1n) is 5.93. The number of anilines is 2. The molecular formula is C14H12F2N4O. The van der Waals surface area contributed by atoms with Gasteiger partial charge in [0.1, 0.15) is 17.5 Å². The summed E-state index contributed by atoms with van der Waals surface area (Å²) in [5, 5.41) is 12.2. The van der Waals surface area contributed by atoms with Gasteiger partial charge in [-0.1, -0.05) is 6.07 Å². The molecular weight excluding hydrogens is 278 g/mol. The van der Waals surface area contributed by atoms with E-state index >= 15 is 0 Å². The molecule has 0 fully saturated rings. The number of nitrogens with one attached hydrogen (secondary N) is 3. The van der Waals surface area contributed by atoms with E-state index in [1.165, 1.54) is 24.3 Å². The third-order valence-electron chi connectivity index (χ3n) is 2.60. The Bertz CT molecular complexity index is 703. The van der Waals surface area contributed by atoms with Gasteiger partial charge in [-0.25, -0.2) is 13.6 Å². The van der Waals surface area contributed by atoms with Crippen LogP contribution in [0.25, 0.3) is 0 Å². The smallest absolute Gasteiger partial charge is 0.323 e. The van der Waals surface area contributed by atoms with Crippen molar-refractivity contribution in [2.45, 2.75) is 0 Å². The van der Waals surface area contributed by atoms with Gasteiger partial charge < -0.3 is 16.4 Å². The van der Waals surface area contributed by atoms with Gasteiger partial charge in [0.25, 0.3) is 0 Å². The first-order chi connectivity index (χ1) is 9.95. The van der Waals surface area contributed by atoms with E-state index in [1.54, 1.807) is 0 Å². The zero-order chi connectivity index (χ0) is 15.4. The van der Waals surface area contributed by atoms with Gasteiger partial charge in [0, 0.05) is 11.3 Å². The molecule has 0 aromatic heterocycles. The Labute approximate surface area is 119 Å². The Hall–Kier alpha value is -2.96. The van der Waals surface area contributed by atoms with Crippen molar-refractivity contribution in [3.05, 3.63) is 59.7 Å². The van der Waals surface area contributed by atoms with Crippen molar-refractivity contribution >= 4 is 23.2 Å². The lowest BCUT2D eigenvalue weighted by Gasteiger charge is -2.11. The molecule has 0 aliphatic rings. The second kappa shape index (κ2) is 6.00. The van der Waals surface area contributed by atoms with Crippen LogP contribution in [0.1, 0.15) is 5.56 Å². The summed E-state index contributed by atoms with van der Waals surface area (Å²) < 4.78 is 26.1. The summed E-state index contributed by atoms with van der Waals surface area (Å²) in [5.41, 5.74) is 5.83. The summed E-state index contributed by atoms with van der Waals surface area (Å²) in [5.74, 6) is -1.44. The van der Waals surface area contributed by atoms with Crippen LogP contribution in [0.5, 0.6) is 0 Å². The fraction of sp³-hybridized carbons (Fsp3) is 0.